The summed E-state index contributed by atoms with van der Waals surface area (Å²) in [6.07, 6.45) is 19.9. The molecule has 270 valence electrons. The Bertz CT molecular complexity index is 1590. The second kappa shape index (κ2) is 21.2. The lowest BCUT2D eigenvalue weighted by molar-refractivity contribution is 0.296. The van der Waals surface area contributed by atoms with Gasteiger partial charge in [-0.15, -0.1) is 0 Å². The molecule has 2 aliphatic rings. The summed E-state index contributed by atoms with van der Waals surface area (Å²) in [4.78, 5) is 0. The number of rotatable bonds is 13. The van der Waals surface area contributed by atoms with Crippen LogP contribution in [0.5, 0.6) is 11.5 Å². The lowest BCUT2D eigenvalue weighted by Crippen LogP contribution is -2.13. The smallest absolute Gasteiger partial charge is 0.119 e. The standard InChI is InChI=1S/C24H29ClO.C23H27ClO/c1-2-26-24-15-13-23(14-16-24)22-11-9-20(10-12-22)4-3-19-5-7-21(8-6-19)17-18-25;1-25-23-14-12-22(13-15-23)21-10-8-19(9-11-21)3-2-18-4-6-20(7-5-18)16-17-24/h9-19,21H,2-8H2,1H3;8-18,20H,2-7H2,1H3/b18-17+;17-16+. The predicted molar refractivity (Wildman–Crippen MR) is 219 cm³/mol. The van der Waals surface area contributed by atoms with Crippen LogP contribution >= 0.6 is 23.2 Å². The molecule has 0 spiro atoms. The molecule has 0 atom stereocenters. The van der Waals surface area contributed by atoms with E-state index in [9.17, 15) is 0 Å². The van der Waals surface area contributed by atoms with Crippen molar-refractivity contribution in [1.29, 1.82) is 0 Å². The second-order valence-corrected chi connectivity index (χ2v) is 14.9. The number of aryl methyl sites for hydroxylation is 2. The van der Waals surface area contributed by atoms with E-state index in [-0.39, 0.29) is 0 Å². The molecule has 4 aromatic carbocycles. The molecule has 0 aliphatic heterocycles. The molecule has 4 heteroatoms. The van der Waals surface area contributed by atoms with Gasteiger partial charge in [0.15, 0.2) is 0 Å². The Balaban J connectivity index is 0.000000198. The number of allylic oxidation sites excluding steroid dienone is 2. The summed E-state index contributed by atoms with van der Waals surface area (Å²) < 4.78 is 10.7. The van der Waals surface area contributed by atoms with Crippen molar-refractivity contribution in [3.05, 3.63) is 131 Å². The molecule has 0 heterocycles. The number of halogens is 2. The predicted octanol–water partition coefficient (Wildman–Crippen LogP) is 14.1. The van der Waals surface area contributed by atoms with E-state index in [1.807, 2.05) is 31.2 Å². The van der Waals surface area contributed by atoms with Crippen molar-refractivity contribution in [3.8, 4) is 33.8 Å². The van der Waals surface area contributed by atoms with E-state index in [4.69, 9.17) is 32.7 Å². The molecule has 0 aromatic heterocycles. The van der Waals surface area contributed by atoms with Crippen molar-refractivity contribution in [1.82, 2.24) is 0 Å². The van der Waals surface area contributed by atoms with Crippen LogP contribution in [0.4, 0.5) is 0 Å². The molecule has 2 saturated carbocycles. The highest BCUT2D eigenvalue weighted by atomic mass is 35.5. The zero-order valence-corrected chi connectivity index (χ0v) is 32.1. The summed E-state index contributed by atoms with van der Waals surface area (Å²) in [6.45, 7) is 2.72. The summed E-state index contributed by atoms with van der Waals surface area (Å²) in [5.74, 6) is 5.00. The van der Waals surface area contributed by atoms with Gasteiger partial charge in [-0.2, -0.15) is 0 Å². The maximum Gasteiger partial charge on any atom is 0.119 e. The maximum atomic E-state index is 5.70. The van der Waals surface area contributed by atoms with E-state index in [2.05, 4.69) is 84.9 Å². The van der Waals surface area contributed by atoms with Gasteiger partial charge in [-0.1, -0.05) is 108 Å². The van der Waals surface area contributed by atoms with Crippen LogP contribution in [0.3, 0.4) is 0 Å². The van der Waals surface area contributed by atoms with Crippen LogP contribution in [-0.4, -0.2) is 13.7 Å². The van der Waals surface area contributed by atoms with Crippen LogP contribution in [0, 0.1) is 23.7 Å². The largest absolute Gasteiger partial charge is 0.497 e. The summed E-state index contributed by atoms with van der Waals surface area (Å²) >= 11 is 11.4. The molecule has 0 N–H and O–H groups in total. The van der Waals surface area contributed by atoms with Gasteiger partial charge in [0.1, 0.15) is 11.5 Å². The summed E-state index contributed by atoms with van der Waals surface area (Å²) in [5, 5.41) is 0. The zero-order valence-electron chi connectivity index (χ0n) is 30.6. The minimum Gasteiger partial charge on any atom is -0.497 e. The number of benzene rings is 4. The van der Waals surface area contributed by atoms with Crippen molar-refractivity contribution in [2.24, 2.45) is 23.7 Å². The van der Waals surface area contributed by atoms with Crippen LogP contribution < -0.4 is 9.47 Å². The lowest BCUT2D eigenvalue weighted by Gasteiger charge is -2.26. The first kappa shape index (κ1) is 38.8. The summed E-state index contributed by atoms with van der Waals surface area (Å²) in [6, 6.07) is 34.7. The van der Waals surface area contributed by atoms with Crippen molar-refractivity contribution < 1.29 is 9.47 Å². The van der Waals surface area contributed by atoms with Gasteiger partial charge >= 0.3 is 0 Å². The Hall–Kier alpha value is -3.46. The molecule has 0 saturated heterocycles. The molecular weight excluding hydrogens is 667 g/mol. The topological polar surface area (TPSA) is 18.5 Å². The monoisotopic (exact) mass is 722 g/mol. The van der Waals surface area contributed by atoms with Gasteiger partial charge < -0.3 is 9.47 Å². The Morgan fingerprint density at radius 1 is 0.510 bits per heavy atom. The number of hydrogen-bond acceptors (Lipinski definition) is 2. The van der Waals surface area contributed by atoms with Crippen LogP contribution in [-0.2, 0) is 12.8 Å². The highest BCUT2D eigenvalue weighted by Gasteiger charge is 2.20. The second-order valence-electron chi connectivity index (χ2n) is 14.4. The highest BCUT2D eigenvalue weighted by molar-refractivity contribution is 6.25. The minimum atomic E-state index is 0.706. The van der Waals surface area contributed by atoms with Gasteiger partial charge in [-0.3, -0.25) is 0 Å². The van der Waals surface area contributed by atoms with E-state index in [1.165, 1.54) is 110 Å². The van der Waals surface area contributed by atoms with Crippen LogP contribution in [0.1, 0.15) is 82.3 Å². The fraction of sp³-hybridized carbons (Fsp3) is 0.404. The quantitative estimate of drug-likeness (QED) is 0.137. The first-order chi connectivity index (χ1) is 25.1. The Kier molecular flexibility index (Phi) is 16.1. The third-order valence-electron chi connectivity index (χ3n) is 11.0. The molecule has 51 heavy (non-hydrogen) atoms. The molecule has 2 fully saturated rings. The van der Waals surface area contributed by atoms with E-state index < -0.39 is 0 Å². The van der Waals surface area contributed by atoms with Gasteiger partial charge in [0.05, 0.1) is 13.7 Å². The molecule has 2 aliphatic carbocycles. The Morgan fingerprint density at radius 2 is 0.863 bits per heavy atom. The first-order valence-corrected chi connectivity index (χ1v) is 20.0. The van der Waals surface area contributed by atoms with E-state index in [0.29, 0.717) is 18.4 Å². The molecular formula is C47H56Cl2O2. The van der Waals surface area contributed by atoms with Crippen molar-refractivity contribution >= 4 is 23.2 Å². The zero-order chi connectivity index (χ0) is 35.7. The number of methoxy groups -OCH3 is 1. The van der Waals surface area contributed by atoms with Gasteiger partial charge in [-0.25, -0.2) is 0 Å². The lowest BCUT2D eigenvalue weighted by atomic mass is 9.79. The Labute approximate surface area is 317 Å². The number of hydrogen-bond donors (Lipinski definition) is 0. The molecule has 0 amide bonds. The van der Waals surface area contributed by atoms with Gasteiger partial charge in [0.2, 0.25) is 0 Å². The third kappa shape index (κ3) is 12.6. The van der Waals surface area contributed by atoms with Crippen LogP contribution in [0.25, 0.3) is 22.3 Å². The first-order valence-electron chi connectivity index (χ1n) is 19.2. The van der Waals surface area contributed by atoms with Gasteiger partial charge in [0, 0.05) is 11.1 Å². The van der Waals surface area contributed by atoms with E-state index >= 15 is 0 Å². The summed E-state index contributed by atoms with van der Waals surface area (Å²) in [5.41, 5.74) is 11.3. The molecule has 0 radical (unpaired) electrons. The minimum absolute atomic E-state index is 0.706. The van der Waals surface area contributed by atoms with Crippen molar-refractivity contribution in [2.75, 3.05) is 13.7 Å². The molecule has 4 aromatic rings. The molecule has 0 unspecified atom stereocenters. The normalized spacial score (nSPS) is 20.5. The fourth-order valence-electron chi connectivity index (χ4n) is 7.71. The Morgan fingerprint density at radius 3 is 1.20 bits per heavy atom. The van der Waals surface area contributed by atoms with Crippen molar-refractivity contribution in [3.63, 3.8) is 0 Å². The van der Waals surface area contributed by atoms with Crippen molar-refractivity contribution in [2.45, 2.75) is 84.0 Å². The maximum absolute atomic E-state index is 5.70. The summed E-state index contributed by atoms with van der Waals surface area (Å²) in [7, 11) is 1.70. The van der Waals surface area contributed by atoms with E-state index in [1.54, 1.807) is 18.2 Å². The average molecular weight is 724 g/mol. The molecule has 6 rings (SSSR count). The van der Waals surface area contributed by atoms with Gasteiger partial charge in [-0.05, 0) is 165 Å². The highest BCUT2D eigenvalue weighted by Crippen LogP contribution is 2.34. The third-order valence-corrected chi connectivity index (χ3v) is 11.3. The fourth-order valence-corrected chi connectivity index (χ4v) is 8.12. The van der Waals surface area contributed by atoms with Crippen LogP contribution in [0.15, 0.2) is 120 Å². The average Bonchev–Trinajstić information content (AvgIpc) is 3.19. The SMILES string of the molecule is CCOc1ccc(-c2ccc(CCC3CCC(/C=C/Cl)CC3)cc2)cc1.COc1ccc(-c2ccc(CCC3CCC(/C=C/Cl)CC3)cc2)cc1. The van der Waals surface area contributed by atoms with E-state index in [0.717, 1.165) is 23.3 Å². The molecule has 2 nitrogen and oxygen atoms in total. The van der Waals surface area contributed by atoms with Gasteiger partial charge in [0.25, 0.3) is 0 Å². The molecule has 0 bridgehead atoms. The number of ether oxygens (including phenoxy) is 2. The van der Waals surface area contributed by atoms with Crippen LogP contribution in [0.2, 0.25) is 0 Å².